The quantitative estimate of drug-likeness (QED) is 0.535. The summed E-state index contributed by atoms with van der Waals surface area (Å²) in [6.07, 6.45) is 3.01. The van der Waals surface area contributed by atoms with Crippen LogP contribution in [0.3, 0.4) is 0 Å². The SMILES string of the molecule is O=C(O)COc1ccccc1/C=N\Nc1ncnc2ccccc12. The first-order chi connectivity index (χ1) is 11.7. The highest BCUT2D eigenvalue weighted by atomic mass is 16.5. The van der Waals surface area contributed by atoms with E-state index in [1.54, 1.807) is 24.4 Å². The molecule has 0 radical (unpaired) electrons. The lowest BCUT2D eigenvalue weighted by Gasteiger charge is -2.06. The molecule has 0 saturated heterocycles. The van der Waals surface area contributed by atoms with Gasteiger partial charge in [0.2, 0.25) is 0 Å². The molecule has 1 aromatic heterocycles. The normalized spacial score (nSPS) is 10.8. The first-order valence-electron chi connectivity index (χ1n) is 7.16. The molecule has 0 fully saturated rings. The van der Waals surface area contributed by atoms with E-state index < -0.39 is 12.6 Å². The summed E-state index contributed by atoms with van der Waals surface area (Å²) in [6, 6.07) is 14.6. The second kappa shape index (κ2) is 7.19. The van der Waals surface area contributed by atoms with Crippen LogP contribution in [0.4, 0.5) is 5.82 Å². The molecular weight excluding hydrogens is 308 g/mol. The number of nitrogens with one attached hydrogen (secondary N) is 1. The average Bonchev–Trinajstić information content (AvgIpc) is 2.61. The number of aliphatic carboxylic acids is 1. The summed E-state index contributed by atoms with van der Waals surface area (Å²) in [7, 11) is 0. The molecular formula is C17H14N4O3. The third-order valence-electron chi connectivity index (χ3n) is 3.19. The standard InChI is InChI=1S/C17H14N4O3/c22-16(23)10-24-15-8-4-1-5-12(15)9-20-21-17-13-6-2-3-7-14(13)18-11-19-17/h1-9,11H,10H2,(H,22,23)(H,18,19,21)/b20-9-. The molecule has 2 N–H and O–H groups in total. The highest BCUT2D eigenvalue weighted by molar-refractivity contribution is 5.89. The topological polar surface area (TPSA) is 96.7 Å². The van der Waals surface area contributed by atoms with Crippen molar-refractivity contribution in [3.8, 4) is 5.75 Å². The highest BCUT2D eigenvalue weighted by Crippen LogP contribution is 2.19. The van der Waals surface area contributed by atoms with Gasteiger partial charge in [-0.3, -0.25) is 5.43 Å². The van der Waals surface area contributed by atoms with E-state index in [-0.39, 0.29) is 0 Å². The Morgan fingerprint density at radius 3 is 2.83 bits per heavy atom. The monoisotopic (exact) mass is 322 g/mol. The van der Waals surface area contributed by atoms with Crippen LogP contribution in [0.25, 0.3) is 10.9 Å². The summed E-state index contributed by atoms with van der Waals surface area (Å²) >= 11 is 0. The van der Waals surface area contributed by atoms with Crippen LogP contribution in [-0.2, 0) is 4.79 Å². The van der Waals surface area contributed by atoms with Crippen molar-refractivity contribution in [2.45, 2.75) is 0 Å². The lowest BCUT2D eigenvalue weighted by atomic mass is 10.2. The molecule has 0 unspecified atom stereocenters. The van der Waals surface area contributed by atoms with Crippen molar-refractivity contribution >= 4 is 28.9 Å². The number of fused-ring (bicyclic) bond motifs is 1. The number of carboxylic acids is 1. The van der Waals surface area contributed by atoms with E-state index in [1.807, 2.05) is 30.3 Å². The Labute approximate surface area is 137 Å². The summed E-state index contributed by atoms with van der Waals surface area (Å²) in [5, 5.41) is 13.7. The molecule has 0 amide bonds. The van der Waals surface area contributed by atoms with E-state index in [0.29, 0.717) is 17.1 Å². The smallest absolute Gasteiger partial charge is 0.341 e. The number of hydrazone groups is 1. The largest absolute Gasteiger partial charge is 0.481 e. The first kappa shape index (κ1) is 15.4. The lowest BCUT2D eigenvalue weighted by molar-refractivity contribution is -0.139. The zero-order chi connectivity index (χ0) is 16.8. The van der Waals surface area contributed by atoms with Crippen molar-refractivity contribution in [2.75, 3.05) is 12.0 Å². The van der Waals surface area contributed by atoms with Crippen LogP contribution in [0.1, 0.15) is 5.56 Å². The first-order valence-corrected chi connectivity index (χ1v) is 7.16. The molecule has 1 heterocycles. The van der Waals surface area contributed by atoms with Crippen LogP contribution in [0.5, 0.6) is 5.75 Å². The molecule has 2 aromatic carbocycles. The summed E-state index contributed by atoms with van der Waals surface area (Å²) < 4.78 is 5.23. The number of rotatable bonds is 6. The van der Waals surface area contributed by atoms with Crippen molar-refractivity contribution in [1.29, 1.82) is 0 Å². The number of anilines is 1. The van der Waals surface area contributed by atoms with Gasteiger partial charge >= 0.3 is 5.97 Å². The molecule has 0 spiro atoms. The van der Waals surface area contributed by atoms with E-state index in [0.717, 1.165) is 10.9 Å². The fourth-order valence-electron chi connectivity index (χ4n) is 2.11. The third kappa shape index (κ3) is 3.64. The number of nitrogens with zero attached hydrogens (tertiary/aromatic N) is 3. The van der Waals surface area contributed by atoms with Crippen LogP contribution >= 0.6 is 0 Å². The Morgan fingerprint density at radius 1 is 1.17 bits per heavy atom. The van der Waals surface area contributed by atoms with Crippen molar-refractivity contribution < 1.29 is 14.6 Å². The molecule has 7 heteroatoms. The molecule has 120 valence electrons. The molecule has 0 bridgehead atoms. The minimum atomic E-state index is -1.03. The third-order valence-corrected chi connectivity index (χ3v) is 3.19. The molecule has 24 heavy (non-hydrogen) atoms. The molecule has 0 atom stereocenters. The number of hydrogen-bond donors (Lipinski definition) is 2. The van der Waals surface area contributed by atoms with Gasteiger partial charge in [-0.15, -0.1) is 0 Å². The minimum Gasteiger partial charge on any atom is -0.481 e. The van der Waals surface area contributed by atoms with E-state index in [1.165, 1.54) is 6.33 Å². The maximum atomic E-state index is 10.6. The molecule has 0 aliphatic heterocycles. The second-order valence-electron chi connectivity index (χ2n) is 4.83. The van der Waals surface area contributed by atoms with Gasteiger partial charge in [0, 0.05) is 10.9 Å². The Morgan fingerprint density at radius 2 is 1.96 bits per heavy atom. The molecule has 0 aliphatic carbocycles. The van der Waals surface area contributed by atoms with Gasteiger partial charge < -0.3 is 9.84 Å². The van der Waals surface area contributed by atoms with E-state index in [2.05, 4.69) is 20.5 Å². The zero-order valence-electron chi connectivity index (χ0n) is 12.6. The Balaban J connectivity index is 1.78. The van der Waals surface area contributed by atoms with Crippen molar-refractivity contribution in [3.63, 3.8) is 0 Å². The number of carbonyl (C=O) groups is 1. The van der Waals surface area contributed by atoms with Gasteiger partial charge in [-0.1, -0.05) is 24.3 Å². The maximum Gasteiger partial charge on any atom is 0.341 e. The summed E-state index contributed by atoms with van der Waals surface area (Å²) in [6.45, 7) is -0.408. The van der Waals surface area contributed by atoms with Crippen LogP contribution in [0.15, 0.2) is 60.0 Å². The molecule has 3 rings (SSSR count). The zero-order valence-corrected chi connectivity index (χ0v) is 12.6. The number of aromatic nitrogens is 2. The average molecular weight is 322 g/mol. The predicted molar refractivity (Wildman–Crippen MR) is 90.3 cm³/mol. The van der Waals surface area contributed by atoms with Crippen LogP contribution in [0, 0.1) is 0 Å². The predicted octanol–water partition coefficient (Wildman–Crippen LogP) is 2.54. The molecule has 3 aromatic rings. The number of benzene rings is 2. The van der Waals surface area contributed by atoms with E-state index >= 15 is 0 Å². The van der Waals surface area contributed by atoms with Gasteiger partial charge in [0.1, 0.15) is 12.1 Å². The van der Waals surface area contributed by atoms with Crippen LogP contribution in [0.2, 0.25) is 0 Å². The minimum absolute atomic E-state index is 0.408. The maximum absolute atomic E-state index is 10.6. The highest BCUT2D eigenvalue weighted by Gasteiger charge is 2.04. The fraction of sp³-hybridized carbons (Fsp3) is 0.0588. The van der Waals surface area contributed by atoms with Gasteiger partial charge in [-0.05, 0) is 24.3 Å². The van der Waals surface area contributed by atoms with Gasteiger partial charge in [0.25, 0.3) is 0 Å². The second-order valence-corrected chi connectivity index (χ2v) is 4.83. The number of hydrogen-bond acceptors (Lipinski definition) is 6. The Bertz CT molecular complexity index is 890. The number of para-hydroxylation sites is 2. The van der Waals surface area contributed by atoms with Gasteiger partial charge in [-0.25, -0.2) is 14.8 Å². The lowest BCUT2D eigenvalue weighted by Crippen LogP contribution is -2.10. The van der Waals surface area contributed by atoms with Gasteiger partial charge in [0.15, 0.2) is 12.4 Å². The Kier molecular flexibility index (Phi) is 4.62. The summed E-state index contributed by atoms with van der Waals surface area (Å²) in [5.41, 5.74) is 4.35. The fourth-order valence-corrected chi connectivity index (χ4v) is 2.11. The Hall–Kier alpha value is -3.48. The van der Waals surface area contributed by atoms with Crippen molar-refractivity contribution in [1.82, 2.24) is 9.97 Å². The van der Waals surface area contributed by atoms with Crippen LogP contribution < -0.4 is 10.2 Å². The molecule has 0 aliphatic rings. The molecule has 0 saturated carbocycles. The van der Waals surface area contributed by atoms with E-state index in [4.69, 9.17) is 9.84 Å². The van der Waals surface area contributed by atoms with Crippen molar-refractivity contribution in [3.05, 3.63) is 60.4 Å². The van der Waals surface area contributed by atoms with Crippen LogP contribution in [-0.4, -0.2) is 33.9 Å². The van der Waals surface area contributed by atoms with Crippen molar-refractivity contribution in [2.24, 2.45) is 5.10 Å². The number of carboxylic acid groups (broad SMARTS) is 1. The van der Waals surface area contributed by atoms with Gasteiger partial charge in [0.05, 0.1) is 11.7 Å². The summed E-state index contributed by atoms with van der Waals surface area (Å²) in [4.78, 5) is 19.0. The van der Waals surface area contributed by atoms with Gasteiger partial charge in [-0.2, -0.15) is 5.10 Å². The van der Waals surface area contributed by atoms with E-state index in [9.17, 15) is 4.79 Å². The molecule has 7 nitrogen and oxygen atoms in total. The summed E-state index contributed by atoms with van der Waals surface area (Å²) in [5.74, 6) is -0.00824. The number of ether oxygens (including phenoxy) is 1.